The van der Waals surface area contributed by atoms with Crippen molar-refractivity contribution in [2.45, 2.75) is 18.9 Å². The van der Waals surface area contributed by atoms with Crippen LogP contribution in [0.15, 0.2) is 17.2 Å². The number of hydrogen-bond donors (Lipinski definition) is 2. The summed E-state index contributed by atoms with van der Waals surface area (Å²) in [6.45, 7) is 0.540. The Kier molecular flexibility index (Phi) is 2.89. The molecule has 1 amide bonds. The SMILES string of the molecule is Cn1ccnc(NC2CCC(=O)NC2)c1=O. The number of anilines is 1. The van der Waals surface area contributed by atoms with E-state index in [1.54, 1.807) is 19.4 Å². The first-order valence-electron chi connectivity index (χ1n) is 5.21. The van der Waals surface area contributed by atoms with Gasteiger partial charge < -0.3 is 15.2 Å². The van der Waals surface area contributed by atoms with E-state index < -0.39 is 0 Å². The minimum atomic E-state index is -0.153. The fourth-order valence-corrected chi connectivity index (χ4v) is 1.65. The van der Waals surface area contributed by atoms with Gasteiger partial charge in [0.25, 0.3) is 5.56 Å². The Morgan fingerprint density at radius 1 is 1.56 bits per heavy atom. The third-order valence-corrected chi connectivity index (χ3v) is 2.62. The smallest absolute Gasteiger partial charge is 0.293 e. The number of nitrogens with zero attached hydrogens (tertiary/aromatic N) is 2. The highest BCUT2D eigenvalue weighted by Gasteiger charge is 2.18. The molecule has 1 atom stereocenters. The molecule has 2 N–H and O–H groups in total. The normalized spacial score (nSPS) is 20.3. The van der Waals surface area contributed by atoms with Crippen LogP contribution in [0, 0.1) is 0 Å². The van der Waals surface area contributed by atoms with E-state index in [4.69, 9.17) is 0 Å². The Bertz CT molecular complexity index is 444. The van der Waals surface area contributed by atoms with Crippen molar-refractivity contribution in [3.05, 3.63) is 22.7 Å². The van der Waals surface area contributed by atoms with Crippen LogP contribution < -0.4 is 16.2 Å². The summed E-state index contributed by atoms with van der Waals surface area (Å²) in [5.41, 5.74) is -0.153. The minimum Gasteiger partial charge on any atom is -0.361 e. The monoisotopic (exact) mass is 222 g/mol. The van der Waals surface area contributed by atoms with Crippen LogP contribution in [0.2, 0.25) is 0 Å². The third kappa shape index (κ3) is 2.21. The van der Waals surface area contributed by atoms with Gasteiger partial charge in [-0.15, -0.1) is 0 Å². The maximum atomic E-state index is 11.7. The molecule has 1 aliphatic heterocycles. The molecular formula is C10H14N4O2. The van der Waals surface area contributed by atoms with Gasteiger partial charge in [-0.25, -0.2) is 4.98 Å². The van der Waals surface area contributed by atoms with Crippen LogP contribution in [-0.4, -0.2) is 28.0 Å². The number of carbonyl (C=O) groups excluding carboxylic acids is 1. The van der Waals surface area contributed by atoms with E-state index in [-0.39, 0.29) is 17.5 Å². The number of piperidine rings is 1. The van der Waals surface area contributed by atoms with Gasteiger partial charge in [0.15, 0.2) is 5.82 Å². The maximum Gasteiger partial charge on any atom is 0.293 e. The van der Waals surface area contributed by atoms with Crippen LogP contribution in [0.5, 0.6) is 0 Å². The molecule has 1 aromatic rings. The van der Waals surface area contributed by atoms with Crippen molar-refractivity contribution in [1.82, 2.24) is 14.9 Å². The summed E-state index contributed by atoms with van der Waals surface area (Å²) in [5, 5.41) is 5.80. The van der Waals surface area contributed by atoms with Crippen molar-refractivity contribution >= 4 is 11.7 Å². The van der Waals surface area contributed by atoms with E-state index in [1.807, 2.05) is 0 Å². The lowest BCUT2D eigenvalue weighted by molar-refractivity contribution is -0.122. The van der Waals surface area contributed by atoms with Gasteiger partial charge in [0.05, 0.1) is 0 Å². The Balaban J connectivity index is 2.07. The number of amides is 1. The molecule has 6 nitrogen and oxygen atoms in total. The molecule has 0 radical (unpaired) electrons. The second kappa shape index (κ2) is 4.34. The van der Waals surface area contributed by atoms with E-state index in [2.05, 4.69) is 15.6 Å². The van der Waals surface area contributed by atoms with Gasteiger partial charge in [-0.05, 0) is 6.42 Å². The highest BCUT2D eigenvalue weighted by Crippen LogP contribution is 2.06. The van der Waals surface area contributed by atoms with Gasteiger partial charge in [-0.1, -0.05) is 0 Å². The van der Waals surface area contributed by atoms with Crippen LogP contribution in [-0.2, 0) is 11.8 Å². The number of aromatic nitrogens is 2. The molecule has 1 fully saturated rings. The molecular weight excluding hydrogens is 208 g/mol. The van der Waals surface area contributed by atoms with Crippen molar-refractivity contribution in [2.75, 3.05) is 11.9 Å². The fraction of sp³-hybridized carbons (Fsp3) is 0.500. The third-order valence-electron chi connectivity index (χ3n) is 2.62. The number of carbonyl (C=O) groups is 1. The molecule has 0 bridgehead atoms. The van der Waals surface area contributed by atoms with Gasteiger partial charge >= 0.3 is 0 Å². The van der Waals surface area contributed by atoms with Crippen LogP contribution in [0.4, 0.5) is 5.82 Å². The molecule has 0 spiro atoms. The average molecular weight is 222 g/mol. The lowest BCUT2D eigenvalue weighted by Gasteiger charge is -2.23. The molecule has 2 rings (SSSR count). The number of aryl methyl sites for hydroxylation is 1. The van der Waals surface area contributed by atoms with Crippen LogP contribution in [0.1, 0.15) is 12.8 Å². The second-order valence-electron chi connectivity index (χ2n) is 3.88. The largest absolute Gasteiger partial charge is 0.361 e. The Labute approximate surface area is 92.7 Å². The van der Waals surface area contributed by atoms with E-state index in [1.165, 1.54) is 4.57 Å². The topological polar surface area (TPSA) is 76.0 Å². The Hall–Kier alpha value is -1.85. The predicted octanol–water partition coefficient (Wildman–Crippen LogP) is -0.529. The summed E-state index contributed by atoms with van der Waals surface area (Å²) < 4.78 is 1.47. The quantitative estimate of drug-likeness (QED) is 0.705. The fourth-order valence-electron chi connectivity index (χ4n) is 1.65. The number of nitrogens with one attached hydrogen (secondary N) is 2. The van der Waals surface area contributed by atoms with Crippen molar-refractivity contribution in [3.8, 4) is 0 Å². The summed E-state index contributed by atoms with van der Waals surface area (Å²) in [5.74, 6) is 0.401. The zero-order valence-electron chi connectivity index (χ0n) is 9.06. The molecule has 0 aromatic carbocycles. The summed E-state index contributed by atoms with van der Waals surface area (Å²) in [7, 11) is 1.68. The molecule has 16 heavy (non-hydrogen) atoms. The first kappa shape index (κ1) is 10.7. The van der Waals surface area contributed by atoms with Crippen molar-refractivity contribution in [3.63, 3.8) is 0 Å². The maximum absolute atomic E-state index is 11.7. The molecule has 6 heteroatoms. The molecule has 2 heterocycles. The highest BCUT2D eigenvalue weighted by molar-refractivity contribution is 5.76. The Morgan fingerprint density at radius 3 is 3.06 bits per heavy atom. The summed E-state index contributed by atoms with van der Waals surface area (Å²) in [6.07, 6.45) is 4.40. The van der Waals surface area contributed by atoms with Crippen LogP contribution in [0.3, 0.4) is 0 Å². The van der Waals surface area contributed by atoms with E-state index in [0.717, 1.165) is 6.42 Å². The molecule has 0 aliphatic carbocycles. The van der Waals surface area contributed by atoms with Crippen molar-refractivity contribution in [1.29, 1.82) is 0 Å². The number of hydrogen-bond acceptors (Lipinski definition) is 4. The first-order valence-corrected chi connectivity index (χ1v) is 5.21. The van der Waals surface area contributed by atoms with Crippen LogP contribution >= 0.6 is 0 Å². The van der Waals surface area contributed by atoms with E-state index >= 15 is 0 Å². The van der Waals surface area contributed by atoms with Crippen molar-refractivity contribution < 1.29 is 4.79 Å². The molecule has 1 unspecified atom stereocenters. The molecule has 1 saturated heterocycles. The Morgan fingerprint density at radius 2 is 2.38 bits per heavy atom. The molecule has 1 aliphatic rings. The van der Waals surface area contributed by atoms with E-state index in [9.17, 15) is 9.59 Å². The molecule has 86 valence electrons. The lowest BCUT2D eigenvalue weighted by atomic mass is 10.1. The van der Waals surface area contributed by atoms with Gasteiger partial charge in [-0.2, -0.15) is 0 Å². The lowest BCUT2D eigenvalue weighted by Crippen LogP contribution is -2.43. The minimum absolute atomic E-state index is 0.0620. The first-order chi connectivity index (χ1) is 7.66. The summed E-state index contributed by atoms with van der Waals surface area (Å²) in [6, 6.07) is 0.0836. The number of rotatable bonds is 2. The zero-order chi connectivity index (χ0) is 11.5. The average Bonchev–Trinajstić information content (AvgIpc) is 2.28. The molecule has 1 aromatic heterocycles. The highest BCUT2D eigenvalue weighted by atomic mass is 16.1. The van der Waals surface area contributed by atoms with Gasteiger partial charge in [0.1, 0.15) is 0 Å². The van der Waals surface area contributed by atoms with Gasteiger partial charge in [0, 0.05) is 38.4 Å². The van der Waals surface area contributed by atoms with Crippen molar-refractivity contribution in [2.24, 2.45) is 7.05 Å². The predicted molar refractivity (Wildman–Crippen MR) is 59.1 cm³/mol. The summed E-state index contributed by atoms with van der Waals surface area (Å²) >= 11 is 0. The molecule has 0 saturated carbocycles. The zero-order valence-corrected chi connectivity index (χ0v) is 9.06. The standard InChI is InChI=1S/C10H14N4O2/c1-14-5-4-11-9(10(14)16)13-7-2-3-8(15)12-6-7/h4-5,7H,2-3,6H2,1H3,(H,11,13)(H,12,15). The van der Waals surface area contributed by atoms with Gasteiger partial charge in [0.2, 0.25) is 5.91 Å². The van der Waals surface area contributed by atoms with E-state index in [0.29, 0.717) is 18.8 Å². The van der Waals surface area contributed by atoms with Gasteiger partial charge in [-0.3, -0.25) is 9.59 Å². The van der Waals surface area contributed by atoms with Crippen LogP contribution in [0.25, 0.3) is 0 Å². The summed E-state index contributed by atoms with van der Waals surface area (Å²) in [4.78, 5) is 26.6. The second-order valence-corrected chi connectivity index (χ2v) is 3.88.